The Kier molecular flexibility index (Phi) is 11.5. The molecule has 2 aliphatic rings. The lowest BCUT2D eigenvalue weighted by molar-refractivity contribution is -0.193. The van der Waals surface area contributed by atoms with E-state index in [9.17, 15) is 26.3 Å². The van der Waals surface area contributed by atoms with Gasteiger partial charge in [0.15, 0.2) is 0 Å². The molecule has 1 aromatic carbocycles. The quantitative estimate of drug-likeness (QED) is 0.517. The lowest BCUT2D eigenvalue weighted by Crippen LogP contribution is -2.56. The summed E-state index contributed by atoms with van der Waals surface area (Å²) < 4.78 is 75.1. The van der Waals surface area contributed by atoms with Gasteiger partial charge in [-0.05, 0) is 36.6 Å². The number of hydrogen-bond donors (Lipinski definition) is 2. The monoisotopic (exact) mass is 582 g/mol. The van der Waals surface area contributed by atoms with Gasteiger partial charge >= 0.3 is 24.3 Å². The zero-order valence-electron chi connectivity index (χ0n) is 21.3. The number of nitrogens with zero attached hydrogens (tertiary/aromatic N) is 4. The summed E-state index contributed by atoms with van der Waals surface area (Å²) in [5.74, 6) is -3.77. The molecular weight excluding hydrogens is 554 g/mol. The smallest absolute Gasteiger partial charge is 0.490 e. The van der Waals surface area contributed by atoms with Gasteiger partial charge in [0.1, 0.15) is 5.75 Å². The number of carboxylic acids is 2. The Bertz CT molecular complexity index is 1070. The molecule has 1 aromatic heterocycles. The maximum absolute atomic E-state index is 10.6. The average molecular weight is 582 g/mol. The normalized spacial score (nSPS) is 17.1. The topological polar surface area (TPSA) is 125 Å². The number of carboxylic acid groups (broad SMARTS) is 2. The van der Waals surface area contributed by atoms with Crippen molar-refractivity contribution < 1.29 is 55.6 Å². The Morgan fingerprint density at radius 3 is 2.02 bits per heavy atom. The van der Waals surface area contributed by atoms with Gasteiger partial charge in [-0.3, -0.25) is 4.90 Å². The minimum Gasteiger partial charge on any atom is -0.497 e. The Hall–Kier alpha value is -3.66. The molecule has 10 nitrogen and oxygen atoms in total. The van der Waals surface area contributed by atoms with Gasteiger partial charge < -0.3 is 24.6 Å². The van der Waals surface area contributed by atoms with Crippen LogP contribution in [0.2, 0.25) is 0 Å². The van der Waals surface area contributed by atoms with Crippen molar-refractivity contribution >= 4 is 17.9 Å². The van der Waals surface area contributed by atoms with Crippen LogP contribution in [0.5, 0.6) is 5.75 Å². The van der Waals surface area contributed by atoms with Crippen LogP contribution in [-0.2, 0) is 20.9 Å². The van der Waals surface area contributed by atoms with Crippen LogP contribution in [0.25, 0.3) is 0 Å². The molecule has 2 N–H and O–H groups in total. The number of anilines is 1. The summed E-state index contributed by atoms with van der Waals surface area (Å²) in [6.45, 7) is 5.58. The summed E-state index contributed by atoms with van der Waals surface area (Å²) in [4.78, 5) is 31.3. The fraction of sp³-hybridized carbons (Fsp3) is 0.500. The second-order valence-electron chi connectivity index (χ2n) is 8.74. The van der Waals surface area contributed by atoms with E-state index in [2.05, 4.69) is 38.0 Å². The predicted molar refractivity (Wildman–Crippen MR) is 128 cm³/mol. The van der Waals surface area contributed by atoms with Crippen molar-refractivity contribution in [1.82, 2.24) is 14.9 Å². The molecule has 2 aliphatic heterocycles. The second kappa shape index (κ2) is 14.1. The van der Waals surface area contributed by atoms with Crippen molar-refractivity contribution in [2.75, 3.05) is 44.8 Å². The van der Waals surface area contributed by atoms with E-state index in [1.165, 1.54) is 5.56 Å². The van der Waals surface area contributed by atoms with Gasteiger partial charge in [-0.15, -0.1) is 0 Å². The van der Waals surface area contributed by atoms with Crippen molar-refractivity contribution in [2.45, 2.75) is 37.3 Å². The molecule has 0 bridgehead atoms. The van der Waals surface area contributed by atoms with Gasteiger partial charge in [0.25, 0.3) is 0 Å². The number of aromatic nitrogens is 2. The third kappa shape index (κ3) is 10.5. The fourth-order valence-corrected chi connectivity index (χ4v) is 3.96. The van der Waals surface area contributed by atoms with Crippen molar-refractivity contribution in [2.24, 2.45) is 0 Å². The predicted octanol–water partition coefficient (Wildman–Crippen LogP) is 3.62. The Balaban J connectivity index is 0.000000333. The lowest BCUT2D eigenvalue weighted by atomic mass is 9.89. The van der Waals surface area contributed by atoms with Crippen LogP contribution < -0.4 is 9.64 Å². The Morgan fingerprint density at radius 1 is 0.975 bits per heavy atom. The first-order chi connectivity index (χ1) is 18.6. The van der Waals surface area contributed by atoms with Gasteiger partial charge in [0.2, 0.25) is 5.95 Å². The van der Waals surface area contributed by atoms with E-state index in [4.69, 9.17) is 29.3 Å². The first kappa shape index (κ1) is 32.6. The zero-order valence-corrected chi connectivity index (χ0v) is 21.3. The molecule has 0 radical (unpaired) electrons. The standard InChI is InChI=1S/C20H26N4O2.2C2HF3O2/c1-25-18-5-2-4-17(14-18)15-23-12-13-26-20(16-23)6-10-24(11-7-20)19-21-8-3-9-22-19;2*3-2(4,5)1(6)7/h2-5,8-9,14H,6-7,10-13,15-16H2,1H3;2*(H,6,7). The summed E-state index contributed by atoms with van der Waals surface area (Å²) >= 11 is 0. The number of morpholine rings is 1. The first-order valence-electron chi connectivity index (χ1n) is 11.8. The summed E-state index contributed by atoms with van der Waals surface area (Å²) in [5, 5.41) is 14.2. The summed E-state index contributed by atoms with van der Waals surface area (Å²) in [7, 11) is 1.72. The SMILES string of the molecule is COc1cccc(CN2CCOC3(CCN(c4ncccn4)CC3)C2)c1.O=C(O)C(F)(F)F.O=C(O)C(F)(F)F. The van der Waals surface area contributed by atoms with E-state index < -0.39 is 24.3 Å². The van der Waals surface area contributed by atoms with Crippen LogP contribution in [0.1, 0.15) is 18.4 Å². The largest absolute Gasteiger partial charge is 0.497 e. The van der Waals surface area contributed by atoms with Crippen molar-refractivity contribution in [1.29, 1.82) is 0 Å². The zero-order chi connectivity index (χ0) is 30.0. The Morgan fingerprint density at radius 2 is 1.52 bits per heavy atom. The van der Waals surface area contributed by atoms with Gasteiger partial charge in [-0.2, -0.15) is 26.3 Å². The van der Waals surface area contributed by atoms with Crippen molar-refractivity contribution in [3.63, 3.8) is 0 Å². The number of aliphatic carboxylic acids is 2. The van der Waals surface area contributed by atoms with Crippen molar-refractivity contribution in [3.8, 4) is 5.75 Å². The molecule has 2 fully saturated rings. The average Bonchev–Trinajstić information content (AvgIpc) is 2.89. The van der Waals surface area contributed by atoms with E-state index in [1.807, 2.05) is 12.1 Å². The van der Waals surface area contributed by atoms with Gasteiger partial charge in [-0.1, -0.05) is 12.1 Å². The molecule has 40 heavy (non-hydrogen) atoms. The molecule has 4 rings (SSSR count). The van der Waals surface area contributed by atoms with Crippen LogP contribution in [0.4, 0.5) is 32.3 Å². The van der Waals surface area contributed by atoms with Crippen LogP contribution in [-0.4, -0.2) is 94.9 Å². The molecule has 0 saturated carbocycles. The van der Waals surface area contributed by atoms with E-state index >= 15 is 0 Å². The number of ether oxygens (including phenoxy) is 2. The number of hydrogen-bond acceptors (Lipinski definition) is 8. The number of piperidine rings is 1. The molecule has 0 amide bonds. The van der Waals surface area contributed by atoms with Crippen LogP contribution >= 0.6 is 0 Å². The number of rotatable bonds is 4. The van der Waals surface area contributed by atoms with Crippen LogP contribution in [0.3, 0.4) is 0 Å². The van der Waals surface area contributed by atoms with Gasteiger partial charge in [0.05, 0.1) is 19.3 Å². The highest BCUT2D eigenvalue weighted by Gasteiger charge is 2.40. The third-order valence-electron chi connectivity index (χ3n) is 5.86. The van der Waals surface area contributed by atoms with E-state index in [-0.39, 0.29) is 5.60 Å². The number of halogens is 6. The number of carbonyl (C=O) groups is 2. The maximum atomic E-state index is 10.6. The summed E-state index contributed by atoms with van der Waals surface area (Å²) in [6, 6.07) is 10.2. The Labute approximate surface area is 225 Å². The highest BCUT2D eigenvalue weighted by atomic mass is 19.4. The van der Waals surface area contributed by atoms with E-state index in [0.717, 1.165) is 63.9 Å². The fourth-order valence-electron chi connectivity index (χ4n) is 3.96. The molecular formula is C24H28F6N4O6. The minimum atomic E-state index is -5.08. The van der Waals surface area contributed by atoms with E-state index in [1.54, 1.807) is 19.5 Å². The molecule has 3 heterocycles. The maximum Gasteiger partial charge on any atom is 0.490 e. The third-order valence-corrected chi connectivity index (χ3v) is 5.86. The van der Waals surface area contributed by atoms with E-state index in [0.29, 0.717) is 0 Å². The molecule has 1 spiro atoms. The molecule has 0 atom stereocenters. The molecule has 0 unspecified atom stereocenters. The molecule has 2 saturated heterocycles. The summed E-state index contributed by atoms with van der Waals surface area (Å²) in [5.41, 5.74) is 1.25. The number of methoxy groups -OCH3 is 1. The first-order valence-corrected chi connectivity index (χ1v) is 11.8. The second-order valence-corrected chi connectivity index (χ2v) is 8.74. The molecule has 2 aromatic rings. The highest BCUT2D eigenvalue weighted by molar-refractivity contribution is 5.73. The van der Waals surface area contributed by atoms with Crippen LogP contribution in [0, 0.1) is 0 Å². The molecule has 222 valence electrons. The number of benzene rings is 1. The molecule has 16 heteroatoms. The highest BCUT2D eigenvalue weighted by Crippen LogP contribution is 2.32. The van der Waals surface area contributed by atoms with Gasteiger partial charge in [-0.25, -0.2) is 19.6 Å². The summed E-state index contributed by atoms with van der Waals surface area (Å²) in [6.07, 6.45) is -4.53. The van der Waals surface area contributed by atoms with Crippen molar-refractivity contribution in [3.05, 3.63) is 48.3 Å². The molecule has 0 aliphatic carbocycles. The van der Waals surface area contributed by atoms with Crippen LogP contribution in [0.15, 0.2) is 42.7 Å². The lowest BCUT2D eigenvalue weighted by Gasteiger charge is -2.47. The van der Waals surface area contributed by atoms with Gasteiger partial charge in [0, 0.05) is 45.1 Å². The number of alkyl halides is 6. The minimum absolute atomic E-state index is 0.0393.